The smallest absolute Gasteiger partial charge is 0.111 e. The van der Waals surface area contributed by atoms with E-state index in [0.29, 0.717) is 23.6 Å². The van der Waals surface area contributed by atoms with Gasteiger partial charge >= 0.3 is 0 Å². The lowest BCUT2D eigenvalue weighted by Gasteiger charge is -2.46. The summed E-state index contributed by atoms with van der Waals surface area (Å²) in [4.78, 5) is 0. The molecule has 1 unspecified atom stereocenters. The van der Waals surface area contributed by atoms with Crippen LogP contribution in [0.1, 0.15) is 57.3 Å². The van der Waals surface area contributed by atoms with Crippen molar-refractivity contribution in [1.29, 1.82) is 0 Å². The van der Waals surface area contributed by atoms with Crippen LogP contribution in [0.2, 0.25) is 0 Å². The summed E-state index contributed by atoms with van der Waals surface area (Å²) in [7, 11) is 0. The van der Waals surface area contributed by atoms with Crippen LogP contribution in [0.15, 0.2) is 42.2 Å². The summed E-state index contributed by atoms with van der Waals surface area (Å²) in [6.45, 7) is 7.64. The van der Waals surface area contributed by atoms with Crippen molar-refractivity contribution in [3.05, 3.63) is 53.3 Å². The molecule has 134 valence electrons. The lowest BCUT2D eigenvalue weighted by Crippen LogP contribution is -2.45. The van der Waals surface area contributed by atoms with Crippen molar-refractivity contribution in [3.8, 4) is 0 Å². The Kier molecular flexibility index (Phi) is 4.15. The molecule has 1 saturated heterocycles. The summed E-state index contributed by atoms with van der Waals surface area (Å²) < 4.78 is 6.29. The molecule has 4 atom stereocenters. The first-order chi connectivity index (χ1) is 11.9. The number of hydrogen-bond donors (Lipinski definition) is 2. The monoisotopic (exact) mass is 339 g/mol. The van der Waals surface area contributed by atoms with E-state index in [-0.39, 0.29) is 11.5 Å². The van der Waals surface area contributed by atoms with E-state index in [2.05, 4.69) is 50.4 Å². The average molecular weight is 339 g/mol. The minimum atomic E-state index is 0.143. The molecule has 0 aromatic heterocycles. The van der Waals surface area contributed by atoms with E-state index < -0.39 is 0 Å². The third kappa shape index (κ3) is 3.10. The van der Waals surface area contributed by atoms with Gasteiger partial charge in [-0.1, -0.05) is 39.0 Å². The Hall–Kier alpha value is -1.74. The van der Waals surface area contributed by atoms with Gasteiger partial charge in [-0.3, -0.25) is 0 Å². The molecule has 0 spiro atoms. The first kappa shape index (κ1) is 16.7. The van der Waals surface area contributed by atoms with E-state index in [1.165, 1.54) is 23.2 Å². The lowest BCUT2D eigenvalue weighted by atomic mass is 9.73. The second kappa shape index (κ2) is 6.21. The highest BCUT2D eigenvalue weighted by atomic mass is 16.5. The number of aliphatic hydroxyl groups excluding tert-OH is 1. The molecule has 0 saturated carbocycles. The molecule has 3 nitrogen and oxygen atoms in total. The van der Waals surface area contributed by atoms with Crippen LogP contribution < -0.4 is 5.32 Å². The summed E-state index contributed by atoms with van der Waals surface area (Å²) in [6.07, 6.45) is 9.33. The normalized spacial score (nSPS) is 31.6. The van der Waals surface area contributed by atoms with Crippen LogP contribution in [0.25, 0.3) is 0 Å². The van der Waals surface area contributed by atoms with Gasteiger partial charge in [0.05, 0.1) is 6.10 Å². The zero-order valence-electron chi connectivity index (χ0n) is 15.5. The highest BCUT2D eigenvalue weighted by Crippen LogP contribution is 2.47. The fraction of sp³-hybridized carbons (Fsp3) is 0.545. The Morgan fingerprint density at radius 3 is 2.80 bits per heavy atom. The molecule has 4 rings (SSSR count). The van der Waals surface area contributed by atoms with E-state index in [0.717, 1.165) is 19.4 Å². The number of ether oxygens (including phenoxy) is 1. The molecule has 3 heteroatoms. The number of hydrogen-bond acceptors (Lipinski definition) is 3. The predicted molar refractivity (Wildman–Crippen MR) is 102 cm³/mol. The van der Waals surface area contributed by atoms with Crippen LogP contribution in [0.5, 0.6) is 0 Å². The van der Waals surface area contributed by atoms with Gasteiger partial charge in [-0.2, -0.15) is 0 Å². The van der Waals surface area contributed by atoms with Crippen molar-refractivity contribution in [2.75, 3.05) is 11.9 Å². The van der Waals surface area contributed by atoms with Crippen LogP contribution in [0, 0.1) is 11.8 Å². The Bertz CT molecular complexity index is 713. The molecular formula is C22H29NO2. The minimum absolute atomic E-state index is 0.143. The predicted octanol–water partition coefficient (Wildman–Crippen LogP) is 5.26. The van der Waals surface area contributed by atoms with Crippen molar-refractivity contribution < 1.29 is 9.84 Å². The summed E-state index contributed by atoms with van der Waals surface area (Å²) in [6, 6.07) is 7.19. The first-order valence-corrected chi connectivity index (χ1v) is 9.53. The van der Waals surface area contributed by atoms with Crippen molar-refractivity contribution in [1.82, 2.24) is 0 Å². The van der Waals surface area contributed by atoms with Crippen LogP contribution in [-0.2, 0) is 10.2 Å². The van der Waals surface area contributed by atoms with E-state index >= 15 is 0 Å². The molecule has 2 aliphatic heterocycles. The van der Waals surface area contributed by atoms with Crippen molar-refractivity contribution in [2.45, 2.75) is 57.6 Å². The average Bonchev–Trinajstić information content (AvgIpc) is 2.60. The van der Waals surface area contributed by atoms with Crippen LogP contribution in [0.3, 0.4) is 0 Å². The number of fused-ring (bicyclic) bond motifs is 3. The summed E-state index contributed by atoms with van der Waals surface area (Å²) in [5.41, 5.74) is 4.05. The van der Waals surface area contributed by atoms with Gasteiger partial charge < -0.3 is 15.2 Å². The molecule has 1 fully saturated rings. The van der Waals surface area contributed by atoms with Gasteiger partial charge in [0.1, 0.15) is 5.76 Å². The fourth-order valence-corrected chi connectivity index (χ4v) is 4.49. The maximum Gasteiger partial charge on any atom is 0.111 e. The molecular weight excluding hydrogens is 310 g/mol. The Morgan fingerprint density at radius 1 is 1.24 bits per heavy atom. The van der Waals surface area contributed by atoms with Gasteiger partial charge in [0, 0.05) is 35.7 Å². The van der Waals surface area contributed by atoms with E-state index in [4.69, 9.17) is 4.74 Å². The summed E-state index contributed by atoms with van der Waals surface area (Å²) in [5.74, 6) is 1.28. The third-order valence-electron chi connectivity index (χ3n) is 5.95. The number of rotatable bonds is 1. The second-order valence-electron chi connectivity index (χ2n) is 8.71. The quantitative estimate of drug-likeness (QED) is 0.733. The number of benzene rings is 1. The summed E-state index contributed by atoms with van der Waals surface area (Å²) in [5, 5.41) is 13.5. The minimum Gasteiger partial charge on any atom is -0.508 e. The van der Waals surface area contributed by atoms with Gasteiger partial charge in [0.15, 0.2) is 0 Å². The van der Waals surface area contributed by atoms with Gasteiger partial charge in [0.25, 0.3) is 0 Å². The SMILES string of the molecule is CC(C)(C)c1ccc2c(c1)[C@H]1OCCC[C@H]1[C@H](C1C=CC(O)=CC1)N2. The number of aliphatic hydroxyl groups is 1. The van der Waals surface area contributed by atoms with Gasteiger partial charge in [0.2, 0.25) is 0 Å². The van der Waals surface area contributed by atoms with Crippen molar-refractivity contribution >= 4 is 5.69 Å². The number of anilines is 1. The molecule has 0 amide bonds. The summed E-state index contributed by atoms with van der Waals surface area (Å²) >= 11 is 0. The van der Waals surface area contributed by atoms with Crippen LogP contribution >= 0.6 is 0 Å². The van der Waals surface area contributed by atoms with E-state index in [1.807, 2.05) is 12.2 Å². The molecule has 3 aliphatic rings. The highest BCUT2D eigenvalue weighted by molar-refractivity contribution is 5.58. The topological polar surface area (TPSA) is 41.5 Å². The van der Waals surface area contributed by atoms with E-state index in [9.17, 15) is 5.11 Å². The maximum atomic E-state index is 9.65. The molecule has 0 bridgehead atoms. The Labute approximate surface area is 150 Å². The van der Waals surface area contributed by atoms with Crippen LogP contribution in [0.4, 0.5) is 5.69 Å². The Morgan fingerprint density at radius 2 is 2.08 bits per heavy atom. The molecule has 0 radical (unpaired) electrons. The molecule has 2 N–H and O–H groups in total. The molecule has 1 aromatic carbocycles. The third-order valence-corrected chi connectivity index (χ3v) is 5.95. The standard InChI is InChI=1S/C22H29NO2/c1-22(2,3)15-8-11-19-18(13-15)21-17(5-4-12-25-21)20(23-19)14-6-9-16(24)10-7-14/h6,8-11,13-14,17,20-21,23-24H,4-5,7,12H2,1-3H3/t14?,17-,20-,21-/m0/s1. The lowest BCUT2D eigenvalue weighted by molar-refractivity contribution is -0.0418. The van der Waals surface area contributed by atoms with Crippen LogP contribution in [-0.4, -0.2) is 17.8 Å². The van der Waals surface area contributed by atoms with Crippen molar-refractivity contribution in [3.63, 3.8) is 0 Å². The van der Waals surface area contributed by atoms with Crippen molar-refractivity contribution in [2.24, 2.45) is 11.8 Å². The van der Waals surface area contributed by atoms with Gasteiger partial charge in [-0.15, -0.1) is 0 Å². The Balaban J connectivity index is 1.69. The first-order valence-electron chi connectivity index (χ1n) is 9.53. The zero-order chi connectivity index (χ0) is 17.6. The zero-order valence-corrected chi connectivity index (χ0v) is 15.5. The van der Waals surface area contributed by atoms with Gasteiger partial charge in [-0.05, 0) is 48.5 Å². The number of allylic oxidation sites excluding steroid dienone is 2. The van der Waals surface area contributed by atoms with E-state index in [1.54, 1.807) is 0 Å². The highest BCUT2D eigenvalue weighted by Gasteiger charge is 2.42. The molecule has 1 aliphatic carbocycles. The van der Waals surface area contributed by atoms with Gasteiger partial charge in [-0.25, -0.2) is 0 Å². The molecule has 1 aromatic rings. The fourth-order valence-electron chi connectivity index (χ4n) is 4.49. The molecule has 25 heavy (non-hydrogen) atoms. The second-order valence-corrected chi connectivity index (χ2v) is 8.71. The number of nitrogens with one attached hydrogen (secondary N) is 1. The largest absolute Gasteiger partial charge is 0.508 e. The molecule has 2 heterocycles. The maximum absolute atomic E-state index is 9.65.